The molecular formula is C25H37N3O9. The smallest absolute Gasteiger partial charge is 0.335 e. The lowest BCUT2D eigenvalue weighted by Crippen LogP contribution is -2.51. The maximum Gasteiger partial charge on any atom is 0.335 e. The number of nitrogens with one attached hydrogen (secondary N) is 3. The highest BCUT2D eigenvalue weighted by molar-refractivity contribution is 5.95. The van der Waals surface area contributed by atoms with Crippen LogP contribution in [0.15, 0.2) is 18.2 Å². The number of rotatable bonds is 12. The second kappa shape index (κ2) is 14.0. The lowest BCUT2D eigenvalue weighted by Gasteiger charge is -2.35. The molecule has 1 heterocycles. The Bertz CT molecular complexity index is 969. The normalized spacial score (nSPS) is 22.2. The minimum atomic E-state index is -1.53. The number of carboxylic acids is 1. The zero-order chi connectivity index (χ0) is 27.7. The van der Waals surface area contributed by atoms with Gasteiger partial charge in [0.1, 0.15) is 12.7 Å². The maximum atomic E-state index is 12.4. The van der Waals surface area contributed by atoms with Crippen LogP contribution in [0, 0.1) is 5.92 Å². The Balaban J connectivity index is 2.08. The van der Waals surface area contributed by atoms with E-state index in [1.54, 1.807) is 25.2 Å². The molecule has 206 valence electrons. The minimum Gasteiger partial charge on any atom is -0.479 e. The van der Waals surface area contributed by atoms with Crippen LogP contribution in [0.3, 0.4) is 0 Å². The summed E-state index contributed by atoms with van der Waals surface area (Å²) < 4.78 is 10.6. The number of carbonyl (C=O) groups excluding carboxylic acids is 3. The third-order valence-corrected chi connectivity index (χ3v) is 6.13. The summed E-state index contributed by atoms with van der Waals surface area (Å²) in [5, 5.41) is 37.4. The Labute approximate surface area is 215 Å². The highest BCUT2D eigenvalue weighted by atomic mass is 16.5. The molecule has 1 fully saturated rings. The fourth-order valence-electron chi connectivity index (χ4n) is 4.17. The van der Waals surface area contributed by atoms with E-state index in [4.69, 9.17) is 9.47 Å². The molecule has 2 rings (SSSR count). The lowest BCUT2D eigenvalue weighted by atomic mass is 9.93. The van der Waals surface area contributed by atoms with Gasteiger partial charge in [-0.25, -0.2) is 4.79 Å². The van der Waals surface area contributed by atoms with Gasteiger partial charge < -0.3 is 40.7 Å². The first-order chi connectivity index (χ1) is 17.4. The molecule has 1 aromatic carbocycles. The summed E-state index contributed by atoms with van der Waals surface area (Å²) in [6.45, 7) is 4.85. The van der Waals surface area contributed by atoms with Crippen LogP contribution < -0.4 is 16.0 Å². The van der Waals surface area contributed by atoms with Crippen LogP contribution in [0.4, 0.5) is 5.69 Å². The number of carbonyl (C=O) groups is 4. The SMILES string of the molecule is CNC(C(=O)NCC(=O)Nc1ccc(COC(C)=O)c(CCC2CC(O)[C@H](O)C(C(=O)O)O2)c1)C(C)C. The first-order valence-corrected chi connectivity index (χ1v) is 12.2. The number of carboxylic acid groups (broad SMARTS) is 1. The minimum absolute atomic E-state index is 0.000171. The quantitative estimate of drug-likeness (QED) is 0.203. The predicted octanol–water partition coefficient (Wildman–Crippen LogP) is -0.0551. The molecular weight excluding hydrogens is 486 g/mol. The lowest BCUT2D eigenvalue weighted by molar-refractivity contribution is -0.193. The van der Waals surface area contributed by atoms with Gasteiger partial charge in [0.25, 0.3) is 0 Å². The predicted molar refractivity (Wildman–Crippen MR) is 132 cm³/mol. The number of aliphatic hydroxyl groups excluding tert-OH is 2. The molecule has 0 aromatic heterocycles. The Morgan fingerprint density at radius 2 is 1.86 bits per heavy atom. The molecule has 2 amide bonds. The number of esters is 1. The van der Waals surface area contributed by atoms with Crippen LogP contribution in [-0.2, 0) is 41.7 Å². The second-order valence-corrected chi connectivity index (χ2v) is 9.39. The molecule has 0 radical (unpaired) electrons. The number of anilines is 1. The fraction of sp³-hybridized carbons (Fsp3) is 0.600. The summed E-state index contributed by atoms with van der Waals surface area (Å²) in [4.78, 5) is 47.4. The van der Waals surface area contributed by atoms with Crippen LogP contribution in [0.1, 0.15) is 44.7 Å². The van der Waals surface area contributed by atoms with Gasteiger partial charge in [0.05, 0.1) is 24.8 Å². The summed E-state index contributed by atoms with van der Waals surface area (Å²) in [7, 11) is 1.67. The number of ether oxygens (including phenoxy) is 2. The summed E-state index contributed by atoms with van der Waals surface area (Å²) in [5.41, 5.74) is 1.86. The van der Waals surface area contributed by atoms with Crippen LogP contribution in [-0.4, -0.2) is 83.1 Å². The Kier molecular flexibility index (Phi) is 11.4. The first-order valence-electron chi connectivity index (χ1n) is 12.2. The highest BCUT2D eigenvalue weighted by Gasteiger charge is 2.40. The van der Waals surface area contributed by atoms with Crippen molar-refractivity contribution < 1.29 is 44.0 Å². The molecule has 0 saturated carbocycles. The van der Waals surface area contributed by atoms with Crippen molar-refractivity contribution in [2.75, 3.05) is 18.9 Å². The van der Waals surface area contributed by atoms with Crippen molar-refractivity contribution in [2.45, 2.75) is 77.1 Å². The molecule has 1 aromatic rings. The van der Waals surface area contributed by atoms with Crippen molar-refractivity contribution in [3.8, 4) is 0 Å². The van der Waals surface area contributed by atoms with Crippen molar-refractivity contribution in [1.29, 1.82) is 0 Å². The van der Waals surface area contributed by atoms with Gasteiger partial charge in [-0.3, -0.25) is 14.4 Å². The van der Waals surface area contributed by atoms with E-state index in [2.05, 4.69) is 16.0 Å². The van der Waals surface area contributed by atoms with E-state index < -0.39 is 48.3 Å². The van der Waals surface area contributed by atoms with Gasteiger partial charge in [-0.15, -0.1) is 0 Å². The average molecular weight is 524 g/mol. The molecule has 1 aliphatic heterocycles. The van der Waals surface area contributed by atoms with Crippen molar-refractivity contribution in [2.24, 2.45) is 5.92 Å². The molecule has 6 N–H and O–H groups in total. The number of aliphatic hydroxyl groups is 2. The van der Waals surface area contributed by atoms with E-state index in [0.717, 1.165) is 0 Å². The highest BCUT2D eigenvalue weighted by Crippen LogP contribution is 2.26. The molecule has 0 aliphatic carbocycles. The van der Waals surface area contributed by atoms with E-state index in [0.29, 0.717) is 29.7 Å². The summed E-state index contributed by atoms with van der Waals surface area (Å²) >= 11 is 0. The molecule has 5 atom stereocenters. The molecule has 1 aliphatic rings. The van der Waals surface area contributed by atoms with Crippen LogP contribution >= 0.6 is 0 Å². The van der Waals surface area contributed by atoms with E-state index in [1.165, 1.54) is 6.92 Å². The number of aryl methyl sites for hydroxylation is 1. The molecule has 37 heavy (non-hydrogen) atoms. The number of amides is 2. The van der Waals surface area contributed by atoms with Gasteiger partial charge in [0.15, 0.2) is 6.10 Å². The monoisotopic (exact) mass is 523 g/mol. The number of hydrogen-bond donors (Lipinski definition) is 6. The Morgan fingerprint density at radius 1 is 1.16 bits per heavy atom. The maximum absolute atomic E-state index is 12.4. The number of benzene rings is 1. The number of likely N-dealkylation sites (N-methyl/N-ethyl adjacent to an activating group) is 1. The Morgan fingerprint density at radius 3 is 2.46 bits per heavy atom. The molecule has 4 unspecified atom stereocenters. The van der Waals surface area contributed by atoms with Gasteiger partial charge in [0.2, 0.25) is 11.8 Å². The van der Waals surface area contributed by atoms with Crippen LogP contribution in [0.2, 0.25) is 0 Å². The fourth-order valence-corrected chi connectivity index (χ4v) is 4.17. The van der Waals surface area contributed by atoms with Crippen molar-refractivity contribution >= 4 is 29.4 Å². The van der Waals surface area contributed by atoms with E-state index >= 15 is 0 Å². The zero-order valence-corrected chi connectivity index (χ0v) is 21.5. The van der Waals surface area contributed by atoms with Crippen molar-refractivity contribution in [3.63, 3.8) is 0 Å². The van der Waals surface area contributed by atoms with Gasteiger partial charge in [0, 0.05) is 19.0 Å². The third kappa shape index (κ3) is 9.08. The Hall–Kier alpha value is -3.06. The molecule has 0 bridgehead atoms. The number of hydrogen-bond acceptors (Lipinski definition) is 9. The van der Waals surface area contributed by atoms with Crippen molar-refractivity contribution in [3.05, 3.63) is 29.3 Å². The van der Waals surface area contributed by atoms with Gasteiger partial charge in [-0.05, 0) is 49.1 Å². The average Bonchev–Trinajstić information content (AvgIpc) is 2.82. The number of aliphatic carboxylic acids is 1. The summed E-state index contributed by atoms with van der Waals surface area (Å²) in [6, 6.07) is 4.61. The third-order valence-electron chi connectivity index (χ3n) is 6.13. The first kappa shape index (κ1) is 30.2. The van der Waals surface area contributed by atoms with E-state index in [1.807, 2.05) is 13.8 Å². The van der Waals surface area contributed by atoms with Crippen LogP contribution in [0.5, 0.6) is 0 Å². The second-order valence-electron chi connectivity index (χ2n) is 9.39. The van der Waals surface area contributed by atoms with Crippen LogP contribution in [0.25, 0.3) is 0 Å². The molecule has 1 saturated heterocycles. The zero-order valence-electron chi connectivity index (χ0n) is 21.5. The molecule has 12 heteroatoms. The topological polar surface area (TPSA) is 184 Å². The van der Waals surface area contributed by atoms with E-state index in [9.17, 15) is 34.5 Å². The molecule has 12 nitrogen and oxygen atoms in total. The molecule has 0 spiro atoms. The van der Waals surface area contributed by atoms with Gasteiger partial charge in [-0.1, -0.05) is 19.9 Å². The largest absolute Gasteiger partial charge is 0.479 e. The summed E-state index contributed by atoms with van der Waals surface area (Å²) in [5.74, 6) is -2.49. The van der Waals surface area contributed by atoms with Gasteiger partial charge >= 0.3 is 11.9 Å². The van der Waals surface area contributed by atoms with E-state index in [-0.39, 0.29) is 31.4 Å². The standard InChI is InChI=1S/C25H37N3O9/c1-13(2)21(26-4)24(33)27-11-20(31)28-17-7-5-16(12-36-14(3)29)15(9-17)6-8-18-10-19(30)22(32)23(37-18)25(34)35/h5,7,9,13,18-19,21-23,26,30,32H,6,8,10-12H2,1-4H3,(H,27,33)(H,28,31)(H,34,35)/t18?,19?,21?,22-,23?/m0/s1. The van der Waals surface area contributed by atoms with Gasteiger partial charge in [-0.2, -0.15) is 0 Å². The summed E-state index contributed by atoms with van der Waals surface area (Å²) in [6.07, 6.45) is -4.19. The van der Waals surface area contributed by atoms with Crippen molar-refractivity contribution in [1.82, 2.24) is 10.6 Å².